The van der Waals surface area contributed by atoms with Crippen LogP contribution < -0.4 is 10.2 Å². The number of rotatable bonds is 9. The van der Waals surface area contributed by atoms with Crippen molar-refractivity contribution in [2.24, 2.45) is 5.92 Å². The number of esters is 1. The minimum atomic E-state index is -0.848. The summed E-state index contributed by atoms with van der Waals surface area (Å²) in [6.07, 6.45) is 0.145. The molecule has 1 atom stereocenters. The first-order chi connectivity index (χ1) is 16.3. The maximum atomic E-state index is 12.8. The molecule has 0 unspecified atom stereocenters. The van der Waals surface area contributed by atoms with Gasteiger partial charge in [-0.05, 0) is 48.2 Å². The minimum Gasteiger partial charge on any atom is -0.454 e. The molecule has 1 N–H and O–H groups in total. The number of fused-ring (bicyclic) bond motifs is 1. The van der Waals surface area contributed by atoms with Gasteiger partial charge in [-0.15, -0.1) is 0 Å². The number of carbonyl (C=O) groups excluding carboxylic acids is 3. The second kappa shape index (κ2) is 11.5. The molecular weight excluding hydrogens is 428 g/mol. The number of hydrogen-bond donors (Lipinski definition) is 1. The summed E-state index contributed by atoms with van der Waals surface area (Å²) in [5.74, 6) is -1.41. The highest BCUT2D eigenvalue weighted by Crippen LogP contribution is 2.19. The lowest BCUT2D eigenvalue weighted by Gasteiger charge is -2.27. The average Bonchev–Trinajstić information content (AvgIpc) is 2.81. The summed E-state index contributed by atoms with van der Waals surface area (Å²) in [6, 6.07) is 22.0. The van der Waals surface area contributed by atoms with Crippen molar-refractivity contribution in [3.63, 3.8) is 0 Å². The second-order valence-corrected chi connectivity index (χ2v) is 8.90. The summed E-state index contributed by atoms with van der Waals surface area (Å²) in [4.78, 5) is 40.0. The van der Waals surface area contributed by atoms with Crippen LogP contribution in [-0.4, -0.2) is 36.5 Å². The predicted molar refractivity (Wildman–Crippen MR) is 134 cm³/mol. The summed E-state index contributed by atoms with van der Waals surface area (Å²) in [5, 5.41) is 4.86. The van der Waals surface area contributed by atoms with Gasteiger partial charge in [-0.25, -0.2) is 4.79 Å². The molecule has 0 spiro atoms. The topological polar surface area (TPSA) is 75.7 Å². The van der Waals surface area contributed by atoms with Crippen LogP contribution in [-0.2, 0) is 25.5 Å². The second-order valence-electron chi connectivity index (χ2n) is 8.90. The van der Waals surface area contributed by atoms with Gasteiger partial charge in [0.2, 0.25) is 5.91 Å². The molecule has 0 radical (unpaired) electrons. The zero-order valence-electron chi connectivity index (χ0n) is 20.2. The number of nitrogens with zero attached hydrogens (tertiary/aromatic N) is 1. The molecule has 0 aromatic heterocycles. The maximum absolute atomic E-state index is 12.8. The van der Waals surface area contributed by atoms with E-state index in [1.165, 1.54) is 0 Å². The number of para-hydroxylation sites is 1. The Balaban J connectivity index is 1.63. The van der Waals surface area contributed by atoms with Gasteiger partial charge in [0, 0.05) is 11.7 Å². The Morgan fingerprint density at radius 3 is 2.18 bits per heavy atom. The Hall–Kier alpha value is -3.67. The van der Waals surface area contributed by atoms with Crippen molar-refractivity contribution >= 4 is 34.2 Å². The molecule has 178 valence electrons. The Morgan fingerprint density at radius 2 is 1.50 bits per heavy atom. The lowest BCUT2D eigenvalue weighted by atomic mass is 10.0. The van der Waals surface area contributed by atoms with Crippen molar-refractivity contribution in [1.82, 2.24) is 5.32 Å². The largest absolute Gasteiger partial charge is 0.454 e. The highest BCUT2D eigenvalue weighted by atomic mass is 16.5. The van der Waals surface area contributed by atoms with E-state index >= 15 is 0 Å². The van der Waals surface area contributed by atoms with Gasteiger partial charge in [0.25, 0.3) is 5.91 Å². The summed E-state index contributed by atoms with van der Waals surface area (Å²) in [5.41, 5.74) is 1.62. The van der Waals surface area contributed by atoms with Gasteiger partial charge in [-0.1, -0.05) is 74.5 Å². The number of benzene rings is 3. The molecule has 34 heavy (non-hydrogen) atoms. The van der Waals surface area contributed by atoms with Crippen LogP contribution in [0.15, 0.2) is 72.8 Å². The summed E-state index contributed by atoms with van der Waals surface area (Å²) < 4.78 is 5.36. The molecule has 6 heteroatoms. The molecule has 0 bridgehead atoms. The van der Waals surface area contributed by atoms with Crippen molar-refractivity contribution in [1.29, 1.82) is 0 Å². The number of carbonyl (C=O) groups is 3. The van der Waals surface area contributed by atoms with Gasteiger partial charge in [0.05, 0.1) is 6.42 Å². The predicted octanol–water partition coefficient (Wildman–Crippen LogP) is 4.51. The van der Waals surface area contributed by atoms with Crippen LogP contribution in [0, 0.1) is 5.92 Å². The van der Waals surface area contributed by atoms with Crippen molar-refractivity contribution < 1.29 is 19.1 Å². The average molecular weight is 461 g/mol. The number of nitrogens with one attached hydrogen (secondary N) is 1. The highest BCUT2D eigenvalue weighted by molar-refractivity contribution is 5.96. The van der Waals surface area contributed by atoms with Gasteiger partial charge in [-0.2, -0.15) is 0 Å². The van der Waals surface area contributed by atoms with Crippen molar-refractivity contribution in [2.75, 3.05) is 11.5 Å². The van der Waals surface area contributed by atoms with Crippen LogP contribution in [0.25, 0.3) is 10.8 Å². The fourth-order valence-electron chi connectivity index (χ4n) is 3.95. The third-order valence-electron chi connectivity index (χ3n) is 5.63. The molecule has 6 nitrogen and oxygen atoms in total. The van der Waals surface area contributed by atoms with Crippen LogP contribution in [0.5, 0.6) is 0 Å². The van der Waals surface area contributed by atoms with Crippen molar-refractivity contribution in [2.45, 2.75) is 46.2 Å². The lowest BCUT2D eigenvalue weighted by molar-refractivity contribution is -0.152. The normalized spacial score (nSPS) is 11.9. The van der Waals surface area contributed by atoms with E-state index in [0.717, 1.165) is 22.0 Å². The van der Waals surface area contributed by atoms with Gasteiger partial charge in [-0.3, -0.25) is 9.59 Å². The Bertz CT molecular complexity index is 1140. The van der Waals surface area contributed by atoms with E-state index in [-0.39, 0.29) is 30.2 Å². The number of anilines is 1. The van der Waals surface area contributed by atoms with E-state index < -0.39 is 18.6 Å². The molecule has 3 rings (SSSR count). The van der Waals surface area contributed by atoms with E-state index in [9.17, 15) is 14.4 Å². The van der Waals surface area contributed by atoms with Crippen LogP contribution >= 0.6 is 0 Å². The van der Waals surface area contributed by atoms with Crippen LogP contribution in [0.3, 0.4) is 0 Å². The van der Waals surface area contributed by atoms with E-state index in [2.05, 4.69) is 5.32 Å². The molecule has 2 amide bonds. The summed E-state index contributed by atoms with van der Waals surface area (Å²) >= 11 is 0. The zero-order valence-corrected chi connectivity index (χ0v) is 20.2. The minimum absolute atomic E-state index is 0.102. The van der Waals surface area contributed by atoms with Crippen molar-refractivity contribution in [3.05, 3.63) is 78.4 Å². The van der Waals surface area contributed by atoms with E-state index in [4.69, 9.17) is 4.74 Å². The van der Waals surface area contributed by atoms with Gasteiger partial charge < -0.3 is 15.0 Å². The van der Waals surface area contributed by atoms with Crippen LogP contribution in [0.1, 0.15) is 33.3 Å². The van der Waals surface area contributed by atoms with E-state index in [0.29, 0.717) is 0 Å². The Kier molecular flexibility index (Phi) is 8.41. The molecule has 0 heterocycles. The molecule has 3 aromatic rings. The Labute approximate surface area is 200 Å². The third-order valence-corrected chi connectivity index (χ3v) is 5.63. The van der Waals surface area contributed by atoms with Gasteiger partial charge >= 0.3 is 5.97 Å². The molecule has 0 saturated heterocycles. The standard InChI is InChI=1S/C28H32N2O4/c1-19(2)27(29-25(31)17-22-13-10-12-21-11-8-9-16-24(21)22)28(33)34-18-26(32)30(20(3)4)23-14-6-5-7-15-23/h5-16,19-20,27H,17-18H2,1-4H3,(H,29,31)/t27-/m0/s1. The van der Waals surface area contributed by atoms with E-state index in [1.807, 2.05) is 100 Å². The number of hydrogen-bond acceptors (Lipinski definition) is 4. The molecule has 0 saturated carbocycles. The first-order valence-corrected chi connectivity index (χ1v) is 11.6. The Morgan fingerprint density at radius 1 is 0.853 bits per heavy atom. The maximum Gasteiger partial charge on any atom is 0.329 e. The number of amides is 2. The monoisotopic (exact) mass is 460 g/mol. The fourth-order valence-corrected chi connectivity index (χ4v) is 3.95. The quantitative estimate of drug-likeness (QED) is 0.477. The lowest BCUT2D eigenvalue weighted by Crippen LogP contribution is -2.47. The molecule has 0 aliphatic rings. The SMILES string of the molecule is CC(C)[C@H](NC(=O)Cc1cccc2ccccc12)C(=O)OCC(=O)N(c1ccccc1)C(C)C. The smallest absolute Gasteiger partial charge is 0.329 e. The molecule has 0 aliphatic heterocycles. The van der Waals surface area contributed by atoms with Crippen LogP contribution in [0.4, 0.5) is 5.69 Å². The molecule has 0 fully saturated rings. The van der Waals surface area contributed by atoms with Gasteiger partial charge in [0.15, 0.2) is 6.61 Å². The van der Waals surface area contributed by atoms with Crippen molar-refractivity contribution in [3.8, 4) is 0 Å². The first kappa shape index (κ1) is 25.0. The molecule has 0 aliphatic carbocycles. The van der Waals surface area contributed by atoms with E-state index in [1.54, 1.807) is 4.90 Å². The summed E-state index contributed by atoms with van der Waals surface area (Å²) in [7, 11) is 0. The number of ether oxygens (including phenoxy) is 1. The highest BCUT2D eigenvalue weighted by Gasteiger charge is 2.28. The van der Waals surface area contributed by atoms with Gasteiger partial charge in [0.1, 0.15) is 6.04 Å². The third kappa shape index (κ3) is 6.22. The molecule has 3 aromatic carbocycles. The first-order valence-electron chi connectivity index (χ1n) is 11.6. The summed E-state index contributed by atoms with van der Waals surface area (Å²) in [6.45, 7) is 7.06. The fraction of sp³-hybridized carbons (Fsp3) is 0.321. The zero-order chi connectivity index (χ0) is 24.7. The van der Waals surface area contributed by atoms with Crippen LogP contribution in [0.2, 0.25) is 0 Å². The molecular formula is C28H32N2O4.